The third-order valence-electron chi connectivity index (χ3n) is 6.33. The molecule has 0 spiro atoms. The van der Waals surface area contributed by atoms with Gasteiger partial charge in [0.1, 0.15) is 5.69 Å². The van der Waals surface area contributed by atoms with Crippen LogP contribution in [0.1, 0.15) is 35.7 Å². The highest BCUT2D eigenvalue weighted by Crippen LogP contribution is 2.35. The normalized spacial score (nSPS) is 12.7. The lowest BCUT2D eigenvalue weighted by Crippen LogP contribution is -2.33. The second-order valence-electron chi connectivity index (χ2n) is 8.54. The maximum Gasteiger partial charge on any atom is 0.271 e. The number of anilines is 2. The Morgan fingerprint density at radius 1 is 0.778 bits per heavy atom. The van der Waals surface area contributed by atoms with Crippen LogP contribution in [-0.2, 0) is 0 Å². The highest BCUT2D eigenvalue weighted by atomic mass is 35.5. The maximum absolute atomic E-state index is 12.0. The molecule has 0 fully saturated rings. The Balaban J connectivity index is 0.00000304. The van der Waals surface area contributed by atoms with Gasteiger partial charge >= 0.3 is 0 Å². The monoisotopic (exact) mass is 518 g/mol. The van der Waals surface area contributed by atoms with E-state index in [1.54, 1.807) is 0 Å². The van der Waals surface area contributed by atoms with E-state index >= 15 is 0 Å². The molecule has 0 amide bonds. The number of hydrogen-bond donors (Lipinski definition) is 3. The molecule has 5 nitrogen and oxygen atoms in total. The summed E-state index contributed by atoms with van der Waals surface area (Å²) in [6, 6.07) is 29.3. The van der Waals surface area contributed by atoms with E-state index in [4.69, 9.17) is 11.6 Å². The highest BCUT2D eigenvalue weighted by Gasteiger charge is 2.24. The van der Waals surface area contributed by atoms with Crippen LogP contribution in [0.5, 0.6) is 5.75 Å². The number of hydrogen-bond acceptors (Lipinski definition) is 5. The van der Waals surface area contributed by atoms with Crippen LogP contribution in [0.4, 0.5) is 11.4 Å². The van der Waals surface area contributed by atoms with Gasteiger partial charge in [-0.15, -0.1) is 12.4 Å². The summed E-state index contributed by atoms with van der Waals surface area (Å²) in [6.07, 6.45) is 0. The van der Waals surface area contributed by atoms with Crippen molar-refractivity contribution in [1.82, 2.24) is 5.32 Å². The molecule has 5 aromatic rings. The second-order valence-corrected chi connectivity index (χ2v) is 8.97. The molecule has 0 aliphatic rings. The van der Waals surface area contributed by atoms with Crippen molar-refractivity contribution in [3.05, 3.63) is 133 Å². The molecule has 1 unspecified atom stereocenters. The van der Waals surface area contributed by atoms with E-state index in [-0.39, 0.29) is 30.2 Å². The van der Waals surface area contributed by atoms with Crippen LogP contribution in [0.3, 0.4) is 0 Å². The van der Waals surface area contributed by atoms with Crippen LogP contribution in [-0.4, -0.2) is 5.11 Å². The van der Waals surface area contributed by atoms with Crippen molar-refractivity contribution >= 4 is 46.2 Å². The Morgan fingerprint density at radius 2 is 1.42 bits per heavy atom. The van der Waals surface area contributed by atoms with Crippen molar-refractivity contribution in [2.24, 2.45) is 0 Å². The van der Waals surface area contributed by atoms with E-state index in [1.807, 2.05) is 60.7 Å². The SMILES string of the molecule is C[C@@H](NC(c1ccc(Cl)cc1)c1ccccc1Nc1c(O)c(=O)c1=O)c1cccc2ccccc12.Cl. The molecule has 0 saturated carbocycles. The highest BCUT2D eigenvalue weighted by molar-refractivity contribution is 6.30. The van der Waals surface area contributed by atoms with Gasteiger partial charge in [0, 0.05) is 16.8 Å². The number of halogens is 2. The Morgan fingerprint density at radius 3 is 2.17 bits per heavy atom. The summed E-state index contributed by atoms with van der Waals surface area (Å²) < 4.78 is 0. The first-order valence-corrected chi connectivity index (χ1v) is 11.7. The van der Waals surface area contributed by atoms with Gasteiger partial charge in [-0.25, -0.2) is 0 Å². The summed E-state index contributed by atoms with van der Waals surface area (Å²) in [5.41, 5.74) is 1.93. The summed E-state index contributed by atoms with van der Waals surface area (Å²) in [5.74, 6) is -0.537. The van der Waals surface area contributed by atoms with Gasteiger partial charge in [-0.05, 0) is 52.6 Å². The molecular weight excluding hydrogens is 495 g/mol. The van der Waals surface area contributed by atoms with Crippen molar-refractivity contribution in [3.63, 3.8) is 0 Å². The Kier molecular flexibility index (Phi) is 7.45. The maximum atomic E-state index is 12.0. The quantitative estimate of drug-likeness (QED) is 0.217. The Bertz CT molecular complexity index is 1590. The van der Waals surface area contributed by atoms with Crippen molar-refractivity contribution in [2.75, 3.05) is 5.32 Å². The van der Waals surface area contributed by atoms with Gasteiger partial charge in [0.25, 0.3) is 10.9 Å². The molecule has 7 heteroatoms. The summed E-state index contributed by atoms with van der Waals surface area (Å²) in [4.78, 5) is 23.5. The molecule has 0 aliphatic carbocycles. The molecule has 0 radical (unpaired) electrons. The third-order valence-corrected chi connectivity index (χ3v) is 6.58. The molecule has 0 saturated heterocycles. The first-order valence-electron chi connectivity index (χ1n) is 11.3. The average Bonchev–Trinajstić information content (AvgIpc) is 2.90. The average molecular weight is 519 g/mol. The van der Waals surface area contributed by atoms with Crippen LogP contribution in [0.15, 0.2) is 101 Å². The molecule has 182 valence electrons. The lowest BCUT2D eigenvalue weighted by atomic mass is 9.93. The number of fused-ring (bicyclic) bond motifs is 1. The number of nitrogens with one attached hydrogen (secondary N) is 2. The molecule has 5 aromatic carbocycles. The molecule has 0 bridgehead atoms. The van der Waals surface area contributed by atoms with E-state index < -0.39 is 16.6 Å². The van der Waals surface area contributed by atoms with Gasteiger partial charge in [-0.2, -0.15) is 0 Å². The number of benzene rings is 4. The molecular formula is C29H24Cl2N2O3. The van der Waals surface area contributed by atoms with Gasteiger partial charge in [-0.3, -0.25) is 14.9 Å². The van der Waals surface area contributed by atoms with Crippen LogP contribution >= 0.6 is 24.0 Å². The lowest BCUT2D eigenvalue weighted by molar-refractivity contribution is 0.466. The van der Waals surface area contributed by atoms with Crippen molar-refractivity contribution in [3.8, 4) is 5.75 Å². The first kappa shape index (κ1) is 25.5. The Hall–Kier alpha value is -3.64. The predicted octanol–water partition coefficient (Wildman–Crippen LogP) is 6.40. The van der Waals surface area contributed by atoms with Gasteiger partial charge in [0.2, 0.25) is 0 Å². The predicted molar refractivity (Wildman–Crippen MR) is 149 cm³/mol. The summed E-state index contributed by atoms with van der Waals surface area (Å²) in [5, 5.41) is 19.6. The molecule has 36 heavy (non-hydrogen) atoms. The fourth-order valence-electron chi connectivity index (χ4n) is 4.48. The smallest absolute Gasteiger partial charge is 0.271 e. The zero-order chi connectivity index (χ0) is 24.5. The molecule has 3 N–H and O–H groups in total. The van der Waals surface area contributed by atoms with Crippen LogP contribution < -0.4 is 21.5 Å². The minimum absolute atomic E-state index is 0. The standard InChI is InChI=1S/C29H23ClN2O3.ClH/c1-17(21-11-6-8-18-7-2-3-9-22(18)21)31-25(19-13-15-20(30)16-14-19)23-10-4-5-12-24(23)32-26-27(33)29(35)28(26)34;/h2-17,25,31-33H,1H3;1H/t17-,25?;/m1./s1. The van der Waals surface area contributed by atoms with Crippen LogP contribution in [0.25, 0.3) is 10.8 Å². The van der Waals surface area contributed by atoms with Crippen LogP contribution in [0.2, 0.25) is 5.02 Å². The minimum atomic E-state index is -0.873. The number of rotatable bonds is 7. The van der Waals surface area contributed by atoms with Gasteiger partial charge in [-0.1, -0.05) is 84.4 Å². The molecule has 0 heterocycles. The van der Waals surface area contributed by atoms with Gasteiger partial charge < -0.3 is 10.4 Å². The van der Waals surface area contributed by atoms with Crippen molar-refractivity contribution in [1.29, 1.82) is 0 Å². The summed E-state index contributed by atoms with van der Waals surface area (Å²) in [7, 11) is 0. The van der Waals surface area contributed by atoms with E-state index in [9.17, 15) is 14.7 Å². The van der Waals surface area contributed by atoms with E-state index in [2.05, 4.69) is 47.9 Å². The Labute approximate surface area is 219 Å². The summed E-state index contributed by atoms with van der Waals surface area (Å²) >= 11 is 6.17. The zero-order valence-electron chi connectivity index (χ0n) is 19.4. The number of para-hydroxylation sites is 1. The molecule has 2 atom stereocenters. The topological polar surface area (TPSA) is 78.4 Å². The fourth-order valence-corrected chi connectivity index (χ4v) is 4.61. The van der Waals surface area contributed by atoms with E-state index in [1.165, 1.54) is 10.8 Å². The summed E-state index contributed by atoms with van der Waals surface area (Å²) in [6.45, 7) is 2.11. The largest absolute Gasteiger partial charge is 0.502 e. The number of aromatic hydroxyl groups is 1. The van der Waals surface area contributed by atoms with Crippen molar-refractivity contribution < 1.29 is 5.11 Å². The fraction of sp³-hybridized carbons (Fsp3) is 0.103. The third kappa shape index (κ3) is 4.73. The molecule has 0 aromatic heterocycles. The van der Waals surface area contributed by atoms with E-state index in [0.717, 1.165) is 16.7 Å². The van der Waals surface area contributed by atoms with Crippen molar-refractivity contribution in [2.45, 2.75) is 19.0 Å². The van der Waals surface area contributed by atoms with E-state index in [0.29, 0.717) is 10.7 Å². The lowest BCUT2D eigenvalue weighted by Gasteiger charge is -2.27. The minimum Gasteiger partial charge on any atom is -0.502 e. The second kappa shape index (κ2) is 10.5. The molecule has 5 rings (SSSR count). The molecule has 0 aliphatic heterocycles. The van der Waals surface area contributed by atoms with Gasteiger partial charge in [0.15, 0.2) is 5.75 Å². The van der Waals surface area contributed by atoms with Gasteiger partial charge in [0.05, 0.1) is 6.04 Å². The first-order chi connectivity index (χ1) is 16.9. The van der Waals surface area contributed by atoms with Crippen LogP contribution in [0, 0.1) is 0 Å². The zero-order valence-corrected chi connectivity index (χ0v) is 20.9.